The van der Waals surface area contributed by atoms with Gasteiger partial charge in [-0.05, 0) is 30.5 Å². The predicted molar refractivity (Wildman–Crippen MR) is 78.5 cm³/mol. The van der Waals surface area contributed by atoms with Crippen LogP contribution in [0.1, 0.15) is 48.9 Å². The number of rotatable bonds is 3. The number of hydrogen-bond donors (Lipinski definition) is 1. The average Bonchev–Trinajstić information content (AvgIpc) is 2.87. The standard InChI is InChI=1S/C15H17BrN2O2/c16-11-5-3-4-10(8-11)9-14-17-15(20-18-14)12-6-1-2-7-13(12)19/h3-5,8,12-13,19H,1-2,6-7,9H2. The first-order valence-electron chi connectivity index (χ1n) is 6.97. The highest BCUT2D eigenvalue weighted by Crippen LogP contribution is 2.32. The molecule has 5 heteroatoms. The lowest BCUT2D eigenvalue weighted by Crippen LogP contribution is -2.22. The fourth-order valence-corrected chi connectivity index (χ4v) is 3.17. The molecule has 1 aromatic carbocycles. The van der Waals surface area contributed by atoms with Gasteiger partial charge in [0.25, 0.3) is 0 Å². The second-order valence-corrected chi connectivity index (χ2v) is 6.23. The average molecular weight is 337 g/mol. The molecule has 0 amide bonds. The third-order valence-corrected chi connectivity index (χ3v) is 4.27. The van der Waals surface area contributed by atoms with Gasteiger partial charge in [0.2, 0.25) is 5.89 Å². The van der Waals surface area contributed by atoms with Crippen LogP contribution in [-0.4, -0.2) is 21.4 Å². The van der Waals surface area contributed by atoms with Crippen molar-refractivity contribution in [1.82, 2.24) is 10.1 Å². The highest BCUT2D eigenvalue weighted by Gasteiger charge is 2.29. The summed E-state index contributed by atoms with van der Waals surface area (Å²) < 4.78 is 6.39. The zero-order chi connectivity index (χ0) is 13.9. The molecule has 1 aliphatic carbocycles. The summed E-state index contributed by atoms with van der Waals surface area (Å²) in [4.78, 5) is 4.46. The minimum Gasteiger partial charge on any atom is -0.392 e. The first-order valence-corrected chi connectivity index (χ1v) is 7.76. The van der Waals surface area contributed by atoms with Crippen LogP contribution in [-0.2, 0) is 6.42 Å². The lowest BCUT2D eigenvalue weighted by Gasteiger charge is -2.24. The fourth-order valence-electron chi connectivity index (χ4n) is 2.72. The van der Waals surface area contributed by atoms with Crippen molar-refractivity contribution >= 4 is 15.9 Å². The molecule has 1 saturated carbocycles. The minimum atomic E-state index is -0.345. The van der Waals surface area contributed by atoms with Gasteiger partial charge in [0.05, 0.1) is 12.0 Å². The summed E-state index contributed by atoms with van der Waals surface area (Å²) in [6.07, 6.45) is 4.25. The summed E-state index contributed by atoms with van der Waals surface area (Å²) in [7, 11) is 0. The second kappa shape index (κ2) is 6.06. The van der Waals surface area contributed by atoms with Gasteiger partial charge in [-0.15, -0.1) is 0 Å². The van der Waals surface area contributed by atoms with Crippen LogP contribution in [0.4, 0.5) is 0 Å². The molecule has 20 heavy (non-hydrogen) atoms. The molecule has 0 aliphatic heterocycles. The quantitative estimate of drug-likeness (QED) is 0.932. The van der Waals surface area contributed by atoms with Crippen LogP contribution in [0.2, 0.25) is 0 Å². The van der Waals surface area contributed by atoms with E-state index < -0.39 is 0 Å². The third-order valence-electron chi connectivity index (χ3n) is 3.78. The Kier molecular flexibility index (Phi) is 4.17. The molecule has 0 bridgehead atoms. The Labute approximate surface area is 126 Å². The molecular weight excluding hydrogens is 320 g/mol. The van der Waals surface area contributed by atoms with Crippen LogP contribution in [0.25, 0.3) is 0 Å². The zero-order valence-corrected chi connectivity index (χ0v) is 12.7. The van der Waals surface area contributed by atoms with Gasteiger partial charge in [-0.1, -0.05) is 46.1 Å². The van der Waals surface area contributed by atoms with Crippen molar-refractivity contribution in [3.05, 3.63) is 46.0 Å². The summed E-state index contributed by atoms with van der Waals surface area (Å²) in [5.74, 6) is 1.27. The van der Waals surface area contributed by atoms with Gasteiger partial charge in [0.1, 0.15) is 0 Å². The highest BCUT2D eigenvalue weighted by molar-refractivity contribution is 9.10. The van der Waals surface area contributed by atoms with Crippen molar-refractivity contribution in [2.75, 3.05) is 0 Å². The van der Waals surface area contributed by atoms with Gasteiger partial charge in [-0.25, -0.2) is 0 Å². The SMILES string of the molecule is OC1CCCCC1c1nc(Cc2cccc(Br)c2)no1. The largest absolute Gasteiger partial charge is 0.392 e. The first-order chi connectivity index (χ1) is 9.72. The number of benzene rings is 1. The number of nitrogens with zero attached hydrogens (tertiary/aromatic N) is 2. The first kappa shape index (κ1) is 13.8. The number of hydrogen-bond acceptors (Lipinski definition) is 4. The van der Waals surface area contributed by atoms with E-state index in [4.69, 9.17) is 4.52 Å². The van der Waals surface area contributed by atoms with Gasteiger partial charge in [0.15, 0.2) is 5.82 Å². The number of aliphatic hydroxyl groups is 1. The maximum Gasteiger partial charge on any atom is 0.232 e. The molecule has 3 rings (SSSR count). The van der Waals surface area contributed by atoms with E-state index in [1.165, 1.54) is 0 Å². The smallest absolute Gasteiger partial charge is 0.232 e. The Balaban J connectivity index is 1.73. The van der Waals surface area contributed by atoms with E-state index in [9.17, 15) is 5.11 Å². The van der Waals surface area contributed by atoms with Crippen molar-refractivity contribution in [2.24, 2.45) is 0 Å². The zero-order valence-electron chi connectivity index (χ0n) is 11.1. The van der Waals surface area contributed by atoms with E-state index in [0.29, 0.717) is 18.1 Å². The van der Waals surface area contributed by atoms with E-state index in [1.807, 2.05) is 24.3 Å². The Morgan fingerprint density at radius 3 is 2.95 bits per heavy atom. The van der Waals surface area contributed by atoms with E-state index >= 15 is 0 Å². The number of halogens is 1. The van der Waals surface area contributed by atoms with E-state index in [2.05, 4.69) is 26.1 Å². The molecule has 2 atom stereocenters. The van der Waals surface area contributed by atoms with Gasteiger partial charge in [-0.2, -0.15) is 4.98 Å². The number of aromatic nitrogens is 2. The summed E-state index contributed by atoms with van der Waals surface area (Å²) in [5, 5.41) is 14.1. The maximum atomic E-state index is 10.0. The Hall–Kier alpha value is -1.20. The van der Waals surface area contributed by atoms with E-state index in [-0.39, 0.29) is 12.0 Å². The monoisotopic (exact) mass is 336 g/mol. The molecule has 2 aromatic rings. The molecule has 1 heterocycles. The Morgan fingerprint density at radius 1 is 1.30 bits per heavy atom. The molecule has 4 nitrogen and oxygen atoms in total. The van der Waals surface area contributed by atoms with Crippen molar-refractivity contribution in [3.8, 4) is 0 Å². The second-order valence-electron chi connectivity index (χ2n) is 5.31. The topological polar surface area (TPSA) is 59.2 Å². The predicted octanol–water partition coefficient (Wildman–Crippen LogP) is 3.44. The summed E-state index contributed by atoms with van der Waals surface area (Å²) in [5.41, 5.74) is 1.14. The molecule has 1 N–H and O–H groups in total. The molecule has 106 valence electrons. The Bertz CT molecular complexity index is 585. The lowest BCUT2D eigenvalue weighted by atomic mass is 9.86. The van der Waals surface area contributed by atoms with Crippen LogP contribution in [0.3, 0.4) is 0 Å². The van der Waals surface area contributed by atoms with Gasteiger partial charge < -0.3 is 9.63 Å². The third kappa shape index (κ3) is 3.10. The Morgan fingerprint density at radius 2 is 2.15 bits per heavy atom. The lowest BCUT2D eigenvalue weighted by molar-refractivity contribution is 0.0908. The molecule has 1 aromatic heterocycles. The molecule has 1 fully saturated rings. The molecule has 1 aliphatic rings. The van der Waals surface area contributed by atoms with Crippen molar-refractivity contribution < 1.29 is 9.63 Å². The molecule has 2 unspecified atom stereocenters. The van der Waals surface area contributed by atoms with E-state index in [0.717, 1.165) is 35.7 Å². The maximum absolute atomic E-state index is 10.0. The summed E-state index contributed by atoms with van der Waals surface area (Å²) in [6, 6.07) is 8.07. The summed E-state index contributed by atoms with van der Waals surface area (Å²) >= 11 is 3.45. The molecular formula is C15H17BrN2O2. The summed E-state index contributed by atoms with van der Waals surface area (Å²) in [6.45, 7) is 0. The molecule has 0 radical (unpaired) electrons. The highest BCUT2D eigenvalue weighted by atomic mass is 79.9. The normalized spacial score (nSPS) is 22.9. The van der Waals surface area contributed by atoms with Crippen molar-refractivity contribution in [2.45, 2.75) is 44.1 Å². The van der Waals surface area contributed by atoms with Crippen LogP contribution < -0.4 is 0 Å². The van der Waals surface area contributed by atoms with Gasteiger partial charge in [-0.3, -0.25) is 0 Å². The molecule has 0 spiro atoms. The fraction of sp³-hybridized carbons (Fsp3) is 0.467. The van der Waals surface area contributed by atoms with Gasteiger partial charge in [0, 0.05) is 10.9 Å². The van der Waals surface area contributed by atoms with Gasteiger partial charge >= 0.3 is 0 Å². The minimum absolute atomic E-state index is 0.00695. The number of aliphatic hydroxyl groups excluding tert-OH is 1. The van der Waals surface area contributed by atoms with Crippen molar-refractivity contribution in [3.63, 3.8) is 0 Å². The van der Waals surface area contributed by atoms with E-state index in [1.54, 1.807) is 0 Å². The van der Waals surface area contributed by atoms with Crippen LogP contribution in [0, 0.1) is 0 Å². The molecule has 0 saturated heterocycles. The van der Waals surface area contributed by atoms with Crippen LogP contribution in [0.5, 0.6) is 0 Å². The van der Waals surface area contributed by atoms with Crippen LogP contribution in [0.15, 0.2) is 33.3 Å². The van der Waals surface area contributed by atoms with Crippen molar-refractivity contribution in [1.29, 1.82) is 0 Å². The van der Waals surface area contributed by atoms with Crippen LogP contribution >= 0.6 is 15.9 Å².